The summed E-state index contributed by atoms with van der Waals surface area (Å²) in [5.74, 6) is -1.15. The highest BCUT2D eigenvalue weighted by atomic mass is 19.4. The second kappa shape index (κ2) is 4.19. The van der Waals surface area contributed by atoms with Crippen LogP contribution in [0.5, 0.6) is 0 Å². The van der Waals surface area contributed by atoms with Crippen molar-refractivity contribution in [1.82, 2.24) is 9.97 Å². The third-order valence-corrected chi connectivity index (χ3v) is 2.86. The van der Waals surface area contributed by atoms with Gasteiger partial charge in [-0.05, 0) is 11.0 Å². The van der Waals surface area contributed by atoms with Crippen LogP contribution in [0.3, 0.4) is 0 Å². The Bertz CT molecular complexity index is 684. The van der Waals surface area contributed by atoms with Gasteiger partial charge in [0.2, 0.25) is 5.82 Å². The zero-order chi connectivity index (χ0) is 15.3. The zero-order valence-corrected chi connectivity index (χ0v) is 11.0. The Morgan fingerprint density at radius 2 is 1.85 bits per heavy atom. The van der Waals surface area contributed by atoms with Crippen LogP contribution in [0.25, 0.3) is 11.0 Å². The van der Waals surface area contributed by atoms with Crippen LogP contribution >= 0.6 is 0 Å². The van der Waals surface area contributed by atoms with Gasteiger partial charge in [0, 0.05) is 12.1 Å². The fraction of sp³-hybridized carbons (Fsp3) is 0.417. The van der Waals surface area contributed by atoms with E-state index in [-0.39, 0.29) is 16.7 Å². The van der Waals surface area contributed by atoms with Crippen LogP contribution < -0.4 is 0 Å². The lowest BCUT2D eigenvalue weighted by Gasteiger charge is -2.19. The Balaban J connectivity index is 2.81. The van der Waals surface area contributed by atoms with Gasteiger partial charge in [-0.3, -0.25) is 10.1 Å². The first-order valence-electron chi connectivity index (χ1n) is 5.76. The van der Waals surface area contributed by atoms with E-state index >= 15 is 0 Å². The van der Waals surface area contributed by atoms with E-state index in [2.05, 4.69) is 9.97 Å². The van der Waals surface area contributed by atoms with Gasteiger partial charge in [0.05, 0.1) is 16.0 Å². The van der Waals surface area contributed by atoms with E-state index in [1.54, 1.807) is 20.8 Å². The fourth-order valence-electron chi connectivity index (χ4n) is 1.91. The van der Waals surface area contributed by atoms with Crippen LogP contribution in [0.2, 0.25) is 0 Å². The molecule has 0 fully saturated rings. The zero-order valence-electron chi connectivity index (χ0n) is 11.0. The van der Waals surface area contributed by atoms with Gasteiger partial charge < -0.3 is 4.98 Å². The molecular weight excluding hydrogens is 275 g/mol. The molecule has 2 aromatic rings. The molecule has 0 aliphatic heterocycles. The molecule has 1 N–H and O–H groups in total. The van der Waals surface area contributed by atoms with Crippen LogP contribution in [-0.2, 0) is 11.6 Å². The fourth-order valence-corrected chi connectivity index (χ4v) is 1.91. The van der Waals surface area contributed by atoms with Crippen LogP contribution in [0.4, 0.5) is 18.9 Å². The number of nitrogens with zero attached hydrogens (tertiary/aromatic N) is 2. The smallest absolute Gasteiger partial charge is 0.334 e. The molecule has 0 bridgehead atoms. The van der Waals surface area contributed by atoms with E-state index in [1.807, 2.05) is 0 Å². The second-order valence-electron chi connectivity index (χ2n) is 5.48. The monoisotopic (exact) mass is 287 g/mol. The second-order valence-corrected chi connectivity index (χ2v) is 5.48. The molecule has 2 rings (SSSR count). The van der Waals surface area contributed by atoms with E-state index < -0.39 is 22.3 Å². The predicted octanol–water partition coefficient (Wildman–Crippen LogP) is 3.79. The van der Waals surface area contributed by atoms with E-state index in [0.717, 1.165) is 6.07 Å². The first kappa shape index (κ1) is 14.3. The number of nitro benzene ring substituents is 1. The average molecular weight is 287 g/mol. The predicted molar refractivity (Wildman–Crippen MR) is 66.5 cm³/mol. The maximum Gasteiger partial charge on any atom is 0.449 e. The molecule has 8 heteroatoms. The Morgan fingerprint density at radius 1 is 1.25 bits per heavy atom. The number of halogens is 3. The van der Waals surface area contributed by atoms with E-state index in [9.17, 15) is 23.3 Å². The Labute approximate surface area is 112 Å². The minimum atomic E-state index is -4.62. The van der Waals surface area contributed by atoms with Crippen LogP contribution in [-0.4, -0.2) is 14.9 Å². The number of benzene rings is 1. The molecule has 0 saturated heterocycles. The number of hydrogen-bond acceptors (Lipinski definition) is 3. The number of H-pyrrole nitrogens is 1. The number of aromatic nitrogens is 2. The molecule has 0 atom stereocenters. The summed E-state index contributed by atoms with van der Waals surface area (Å²) in [6.07, 6.45) is -4.62. The number of hydrogen-bond donors (Lipinski definition) is 1. The van der Waals surface area contributed by atoms with Crippen LogP contribution in [0, 0.1) is 10.1 Å². The van der Waals surface area contributed by atoms with Crippen molar-refractivity contribution in [2.75, 3.05) is 0 Å². The summed E-state index contributed by atoms with van der Waals surface area (Å²) in [6.45, 7) is 5.27. The summed E-state index contributed by atoms with van der Waals surface area (Å²) in [6, 6.07) is 2.33. The lowest BCUT2D eigenvalue weighted by Crippen LogP contribution is -2.12. The molecule has 0 aliphatic carbocycles. The van der Waals surface area contributed by atoms with Crippen molar-refractivity contribution in [1.29, 1.82) is 0 Å². The summed E-state index contributed by atoms with van der Waals surface area (Å²) in [4.78, 5) is 15.9. The van der Waals surface area contributed by atoms with Crippen LogP contribution in [0.15, 0.2) is 12.1 Å². The van der Waals surface area contributed by atoms with Crippen LogP contribution in [0.1, 0.15) is 32.2 Å². The van der Waals surface area contributed by atoms with Gasteiger partial charge in [0.25, 0.3) is 5.69 Å². The number of alkyl halides is 3. The first-order valence-corrected chi connectivity index (χ1v) is 5.76. The van der Waals surface area contributed by atoms with Crippen molar-refractivity contribution in [3.05, 3.63) is 33.6 Å². The SMILES string of the molecule is CC(C)(C)c1cc([N+](=O)[O-])cc2[nH]c(C(F)(F)F)nc12. The third kappa shape index (κ3) is 2.45. The highest BCUT2D eigenvalue weighted by Gasteiger charge is 2.36. The molecule has 0 spiro atoms. The van der Waals surface area contributed by atoms with Gasteiger partial charge in [0.1, 0.15) is 0 Å². The van der Waals surface area contributed by atoms with Gasteiger partial charge in [-0.1, -0.05) is 20.8 Å². The number of imidazole rings is 1. The quantitative estimate of drug-likeness (QED) is 0.640. The molecule has 0 amide bonds. The Morgan fingerprint density at radius 3 is 2.30 bits per heavy atom. The number of nitrogens with one attached hydrogen (secondary N) is 1. The van der Waals surface area contributed by atoms with Crippen molar-refractivity contribution in [2.45, 2.75) is 32.4 Å². The summed E-state index contributed by atoms with van der Waals surface area (Å²) in [5.41, 5.74) is -0.317. The number of aromatic amines is 1. The molecule has 0 unspecified atom stereocenters. The number of fused-ring (bicyclic) bond motifs is 1. The maximum atomic E-state index is 12.7. The molecule has 0 aliphatic rings. The first-order chi connectivity index (χ1) is 9.00. The molecule has 108 valence electrons. The maximum absolute atomic E-state index is 12.7. The summed E-state index contributed by atoms with van der Waals surface area (Å²) in [7, 11) is 0. The lowest BCUT2D eigenvalue weighted by molar-refractivity contribution is -0.384. The molecule has 1 aromatic carbocycles. The van der Waals surface area contributed by atoms with Crippen molar-refractivity contribution in [2.24, 2.45) is 0 Å². The van der Waals surface area contributed by atoms with Gasteiger partial charge in [-0.25, -0.2) is 4.98 Å². The average Bonchev–Trinajstić information content (AvgIpc) is 2.68. The minimum absolute atomic E-state index is 0.0106. The molecular formula is C12H12F3N3O2. The summed E-state index contributed by atoms with van der Waals surface area (Å²) < 4.78 is 38.1. The number of non-ortho nitro benzene ring substituents is 1. The largest absolute Gasteiger partial charge is 0.449 e. The standard InChI is InChI=1S/C12H12F3N3O2/c1-11(2,3)7-4-6(18(19)20)5-8-9(7)17-10(16-8)12(13,14)15/h4-5H,1-3H3,(H,16,17). The van der Waals surface area contributed by atoms with E-state index in [1.165, 1.54) is 6.07 Å². The molecule has 5 nitrogen and oxygen atoms in total. The molecule has 0 radical (unpaired) electrons. The number of rotatable bonds is 1. The Hall–Kier alpha value is -2.12. The number of nitro groups is 1. The topological polar surface area (TPSA) is 71.8 Å². The van der Waals surface area contributed by atoms with Gasteiger partial charge in [0.15, 0.2) is 0 Å². The molecule has 1 heterocycles. The van der Waals surface area contributed by atoms with Crippen molar-refractivity contribution in [3.8, 4) is 0 Å². The summed E-state index contributed by atoms with van der Waals surface area (Å²) in [5, 5.41) is 10.9. The van der Waals surface area contributed by atoms with E-state index in [4.69, 9.17) is 0 Å². The highest BCUT2D eigenvalue weighted by Crippen LogP contribution is 2.35. The lowest BCUT2D eigenvalue weighted by atomic mass is 9.86. The highest BCUT2D eigenvalue weighted by molar-refractivity contribution is 5.82. The minimum Gasteiger partial charge on any atom is -0.334 e. The van der Waals surface area contributed by atoms with Crippen molar-refractivity contribution < 1.29 is 18.1 Å². The van der Waals surface area contributed by atoms with Crippen molar-refractivity contribution in [3.63, 3.8) is 0 Å². The molecule has 0 saturated carbocycles. The Kier molecular flexibility index (Phi) is 2.99. The van der Waals surface area contributed by atoms with Crippen molar-refractivity contribution >= 4 is 16.7 Å². The van der Waals surface area contributed by atoms with E-state index in [0.29, 0.717) is 5.56 Å². The summed E-state index contributed by atoms with van der Waals surface area (Å²) >= 11 is 0. The van der Waals surface area contributed by atoms with Gasteiger partial charge in [-0.2, -0.15) is 13.2 Å². The third-order valence-electron chi connectivity index (χ3n) is 2.86. The van der Waals surface area contributed by atoms with Gasteiger partial charge >= 0.3 is 6.18 Å². The van der Waals surface area contributed by atoms with Gasteiger partial charge in [-0.15, -0.1) is 0 Å². The molecule has 20 heavy (non-hydrogen) atoms. The normalized spacial score (nSPS) is 12.9. The molecule has 1 aromatic heterocycles.